The van der Waals surface area contributed by atoms with Crippen LogP contribution in [0.4, 0.5) is 0 Å². The average molecular weight is 260 g/mol. The first-order chi connectivity index (χ1) is 9.19. The lowest BCUT2D eigenvalue weighted by atomic mass is 10.2. The predicted molar refractivity (Wildman–Crippen MR) is 68.1 cm³/mol. The number of ether oxygens (including phenoxy) is 1. The second-order valence-corrected chi connectivity index (χ2v) is 4.86. The molecule has 1 saturated carbocycles. The molecule has 1 unspecified atom stereocenters. The molecule has 0 radical (unpaired) electrons. The van der Waals surface area contributed by atoms with Crippen molar-refractivity contribution in [1.29, 1.82) is 0 Å². The van der Waals surface area contributed by atoms with E-state index in [1.807, 2.05) is 17.8 Å². The molecule has 2 aromatic rings. The van der Waals surface area contributed by atoms with Gasteiger partial charge in [0.25, 0.3) is 0 Å². The molecule has 2 heterocycles. The maximum absolute atomic E-state index is 11.3. The number of nitrogens with zero attached hydrogens (tertiary/aromatic N) is 2. The highest BCUT2D eigenvalue weighted by molar-refractivity contribution is 5.86. The van der Waals surface area contributed by atoms with Gasteiger partial charge in [-0.1, -0.05) is 0 Å². The van der Waals surface area contributed by atoms with Gasteiger partial charge in [-0.3, -0.25) is 4.68 Å². The van der Waals surface area contributed by atoms with Crippen molar-refractivity contribution in [2.24, 2.45) is 0 Å². The average Bonchev–Trinajstić information content (AvgIpc) is 2.97. The Morgan fingerprint density at radius 2 is 2.26 bits per heavy atom. The molecular formula is C14H16N2O3. The summed E-state index contributed by atoms with van der Waals surface area (Å²) in [6, 6.07) is 5.43. The Labute approximate surface area is 111 Å². The fourth-order valence-corrected chi connectivity index (χ4v) is 2.08. The zero-order valence-corrected chi connectivity index (χ0v) is 11.0. The van der Waals surface area contributed by atoms with E-state index < -0.39 is 5.97 Å². The quantitative estimate of drug-likeness (QED) is 0.793. The zero-order valence-electron chi connectivity index (χ0n) is 11.0. The highest BCUT2D eigenvalue weighted by Crippen LogP contribution is 2.39. The molecule has 1 atom stereocenters. The van der Waals surface area contributed by atoms with Gasteiger partial charge in [0.2, 0.25) is 5.76 Å². The molecule has 5 heteroatoms. The third-order valence-electron chi connectivity index (χ3n) is 3.45. The number of methoxy groups -OCH3 is 1. The number of hydrogen-bond acceptors (Lipinski definition) is 4. The van der Waals surface area contributed by atoms with Gasteiger partial charge < -0.3 is 9.15 Å². The van der Waals surface area contributed by atoms with Crippen molar-refractivity contribution in [3.8, 4) is 0 Å². The second-order valence-electron chi connectivity index (χ2n) is 4.86. The molecule has 0 aliphatic heterocycles. The van der Waals surface area contributed by atoms with E-state index >= 15 is 0 Å². The fraction of sp³-hybridized carbons (Fsp3) is 0.429. The van der Waals surface area contributed by atoms with Gasteiger partial charge in [0, 0.05) is 12.1 Å². The summed E-state index contributed by atoms with van der Waals surface area (Å²) >= 11 is 0. The van der Waals surface area contributed by atoms with Crippen molar-refractivity contribution in [2.45, 2.75) is 31.7 Å². The van der Waals surface area contributed by atoms with Crippen LogP contribution >= 0.6 is 0 Å². The van der Waals surface area contributed by atoms with E-state index in [0.29, 0.717) is 11.7 Å². The Kier molecular flexibility index (Phi) is 2.89. The third-order valence-corrected chi connectivity index (χ3v) is 3.45. The topological polar surface area (TPSA) is 57.3 Å². The summed E-state index contributed by atoms with van der Waals surface area (Å²) in [6.07, 6.45) is 4.43. The fourth-order valence-electron chi connectivity index (χ4n) is 2.08. The highest BCUT2D eigenvalue weighted by atomic mass is 16.5. The molecule has 0 bridgehead atoms. The first kappa shape index (κ1) is 12.0. The lowest BCUT2D eigenvalue weighted by Gasteiger charge is -2.08. The van der Waals surface area contributed by atoms with Crippen LogP contribution in [0.25, 0.3) is 0 Å². The number of rotatable bonds is 4. The van der Waals surface area contributed by atoms with Gasteiger partial charge >= 0.3 is 5.97 Å². The number of carbonyl (C=O) groups excluding carboxylic acids is 1. The van der Waals surface area contributed by atoms with E-state index in [1.54, 1.807) is 12.1 Å². The van der Waals surface area contributed by atoms with Gasteiger partial charge in [0.15, 0.2) is 0 Å². The summed E-state index contributed by atoms with van der Waals surface area (Å²) in [7, 11) is 1.34. The lowest BCUT2D eigenvalue weighted by molar-refractivity contribution is 0.0562. The summed E-state index contributed by atoms with van der Waals surface area (Å²) in [5, 5.41) is 4.56. The van der Waals surface area contributed by atoms with Crippen LogP contribution in [0.3, 0.4) is 0 Å². The molecule has 3 rings (SSSR count). The van der Waals surface area contributed by atoms with Crippen molar-refractivity contribution >= 4 is 5.97 Å². The second kappa shape index (κ2) is 4.57. The molecule has 1 fully saturated rings. The number of aromatic nitrogens is 2. The first-order valence-electron chi connectivity index (χ1n) is 6.42. The maximum atomic E-state index is 11.3. The van der Waals surface area contributed by atoms with E-state index in [4.69, 9.17) is 4.42 Å². The third kappa shape index (κ3) is 2.28. The Bertz CT molecular complexity index is 595. The predicted octanol–water partition coefficient (Wildman–Crippen LogP) is 2.75. The molecule has 0 amide bonds. The Hall–Kier alpha value is -2.04. The maximum Gasteiger partial charge on any atom is 0.373 e. The van der Waals surface area contributed by atoms with Gasteiger partial charge in [0.1, 0.15) is 11.8 Å². The number of furan rings is 1. The summed E-state index contributed by atoms with van der Waals surface area (Å²) < 4.78 is 12.0. The minimum Gasteiger partial charge on any atom is -0.463 e. The minimum absolute atomic E-state index is 0.0362. The molecule has 2 aromatic heterocycles. The SMILES string of the molecule is COC(=O)c1ccc(C(C)n2ccc(C3CC3)n2)o1. The number of esters is 1. The Balaban J connectivity index is 1.79. The Morgan fingerprint density at radius 1 is 1.47 bits per heavy atom. The van der Waals surface area contributed by atoms with Crippen LogP contribution in [0, 0.1) is 0 Å². The summed E-state index contributed by atoms with van der Waals surface area (Å²) in [4.78, 5) is 11.3. The van der Waals surface area contributed by atoms with Gasteiger partial charge in [-0.05, 0) is 38.0 Å². The Morgan fingerprint density at radius 3 is 2.95 bits per heavy atom. The summed E-state index contributed by atoms with van der Waals surface area (Å²) in [5.41, 5.74) is 1.14. The van der Waals surface area contributed by atoms with Crippen molar-refractivity contribution in [3.05, 3.63) is 41.6 Å². The van der Waals surface area contributed by atoms with Crippen LogP contribution in [0.5, 0.6) is 0 Å². The minimum atomic E-state index is -0.461. The van der Waals surface area contributed by atoms with E-state index in [-0.39, 0.29) is 11.8 Å². The standard InChI is InChI=1S/C14H16N2O3/c1-9(12-5-6-13(19-12)14(17)18-2)16-8-7-11(15-16)10-3-4-10/h5-10H,3-4H2,1-2H3. The lowest BCUT2D eigenvalue weighted by Crippen LogP contribution is -2.07. The molecule has 19 heavy (non-hydrogen) atoms. The number of hydrogen-bond donors (Lipinski definition) is 0. The summed E-state index contributed by atoms with van der Waals surface area (Å²) in [5.74, 6) is 1.10. The molecule has 0 spiro atoms. The van der Waals surface area contributed by atoms with Gasteiger partial charge in [0.05, 0.1) is 12.8 Å². The molecule has 0 N–H and O–H groups in total. The van der Waals surface area contributed by atoms with Crippen molar-refractivity contribution in [1.82, 2.24) is 9.78 Å². The molecule has 1 aliphatic rings. The van der Waals surface area contributed by atoms with Gasteiger partial charge in [-0.15, -0.1) is 0 Å². The van der Waals surface area contributed by atoms with E-state index in [0.717, 1.165) is 5.69 Å². The van der Waals surface area contributed by atoms with Crippen molar-refractivity contribution in [2.75, 3.05) is 7.11 Å². The normalized spacial score (nSPS) is 16.3. The molecule has 5 nitrogen and oxygen atoms in total. The van der Waals surface area contributed by atoms with Crippen LogP contribution in [0.1, 0.15) is 53.7 Å². The molecule has 0 saturated heterocycles. The largest absolute Gasteiger partial charge is 0.463 e. The molecule has 1 aliphatic carbocycles. The zero-order chi connectivity index (χ0) is 13.4. The van der Waals surface area contributed by atoms with Gasteiger partial charge in [-0.25, -0.2) is 4.79 Å². The summed E-state index contributed by atoms with van der Waals surface area (Å²) in [6.45, 7) is 1.99. The molecular weight excluding hydrogens is 244 g/mol. The van der Waals surface area contributed by atoms with Crippen LogP contribution in [0.15, 0.2) is 28.8 Å². The van der Waals surface area contributed by atoms with E-state index in [9.17, 15) is 4.79 Å². The smallest absolute Gasteiger partial charge is 0.373 e. The van der Waals surface area contributed by atoms with Crippen LogP contribution in [-0.4, -0.2) is 22.9 Å². The van der Waals surface area contributed by atoms with E-state index in [2.05, 4.69) is 15.9 Å². The van der Waals surface area contributed by atoms with Gasteiger partial charge in [-0.2, -0.15) is 5.10 Å². The first-order valence-corrected chi connectivity index (χ1v) is 6.42. The van der Waals surface area contributed by atoms with Crippen molar-refractivity contribution < 1.29 is 13.9 Å². The van der Waals surface area contributed by atoms with E-state index in [1.165, 1.54) is 20.0 Å². The van der Waals surface area contributed by atoms with Crippen LogP contribution in [-0.2, 0) is 4.74 Å². The van der Waals surface area contributed by atoms with Crippen LogP contribution in [0.2, 0.25) is 0 Å². The molecule has 100 valence electrons. The highest BCUT2D eigenvalue weighted by Gasteiger charge is 2.26. The molecule has 0 aromatic carbocycles. The van der Waals surface area contributed by atoms with Crippen LogP contribution < -0.4 is 0 Å². The number of carbonyl (C=O) groups is 1. The van der Waals surface area contributed by atoms with Crippen molar-refractivity contribution in [3.63, 3.8) is 0 Å². The monoisotopic (exact) mass is 260 g/mol.